The van der Waals surface area contributed by atoms with Crippen molar-refractivity contribution in [3.05, 3.63) is 0 Å². The van der Waals surface area contributed by atoms with E-state index >= 15 is 0 Å². The van der Waals surface area contributed by atoms with Crippen LogP contribution in [0.25, 0.3) is 0 Å². The van der Waals surface area contributed by atoms with Crippen molar-refractivity contribution in [3.8, 4) is 0 Å². The smallest absolute Gasteiger partial charge is 0.306 e. The van der Waals surface area contributed by atoms with Gasteiger partial charge in [-0.1, -0.05) is 175 Å². The minimum atomic E-state index is -0.966. The molecule has 8 nitrogen and oxygen atoms in total. The Morgan fingerprint density at radius 2 is 0.686 bits per heavy atom. The van der Waals surface area contributed by atoms with E-state index in [1.165, 1.54) is 120 Å². The number of carbonyl (C=O) groups excluding carboxylic acids is 4. The van der Waals surface area contributed by atoms with Crippen LogP contribution in [0, 0.1) is 0 Å². The fourth-order valence-corrected chi connectivity index (χ4v) is 6.32. The highest BCUT2D eigenvalue weighted by molar-refractivity contribution is 5.83. The molecule has 0 rings (SSSR count). The van der Waals surface area contributed by atoms with Crippen LogP contribution in [0.2, 0.25) is 0 Å². The van der Waals surface area contributed by atoms with Crippen molar-refractivity contribution in [1.29, 1.82) is 0 Å². The Morgan fingerprint density at radius 1 is 0.412 bits per heavy atom. The molecule has 0 aromatic heterocycles. The fourth-order valence-electron chi connectivity index (χ4n) is 6.32. The van der Waals surface area contributed by atoms with Crippen molar-refractivity contribution in [2.45, 2.75) is 226 Å². The summed E-state index contributed by atoms with van der Waals surface area (Å²) in [5, 5.41) is 0. The summed E-state index contributed by atoms with van der Waals surface area (Å²) in [7, 11) is 0. The molecule has 0 aromatic carbocycles. The quantitative estimate of drug-likeness (QED) is 0.0355. The predicted octanol–water partition coefficient (Wildman–Crippen LogP) is 11.6. The van der Waals surface area contributed by atoms with Crippen LogP contribution in [0.5, 0.6) is 0 Å². The lowest BCUT2D eigenvalue weighted by molar-refractivity contribution is -0.160. The second-order valence-electron chi connectivity index (χ2n) is 14.6. The van der Waals surface area contributed by atoms with Crippen LogP contribution in [-0.2, 0) is 33.4 Å². The number of unbranched alkanes of at least 4 members (excludes halogenated alkanes) is 24. The third kappa shape index (κ3) is 33.5. The maximum Gasteiger partial charge on any atom is 0.306 e. The molecular formula is C43H81NO7. The van der Waals surface area contributed by atoms with Gasteiger partial charge in [0.15, 0.2) is 6.10 Å². The van der Waals surface area contributed by atoms with Crippen LogP contribution in [0.15, 0.2) is 0 Å². The fraction of sp³-hybridized carbons (Fsp3) is 0.907. The van der Waals surface area contributed by atoms with Crippen LogP contribution in [-0.4, -0.2) is 61.1 Å². The molecule has 1 amide bonds. The maximum atomic E-state index is 13.3. The lowest BCUT2D eigenvalue weighted by Crippen LogP contribution is -2.43. The van der Waals surface area contributed by atoms with Crippen LogP contribution >= 0.6 is 0 Å². The van der Waals surface area contributed by atoms with E-state index in [0.717, 1.165) is 57.8 Å². The highest BCUT2D eigenvalue weighted by Gasteiger charge is 2.24. The summed E-state index contributed by atoms with van der Waals surface area (Å²) in [6.07, 6.45) is 31.6. The van der Waals surface area contributed by atoms with Gasteiger partial charge < -0.3 is 19.1 Å². The van der Waals surface area contributed by atoms with E-state index in [0.29, 0.717) is 19.3 Å². The molecule has 300 valence electrons. The predicted molar refractivity (Wildman–Crippen MR) is 210 cm³/mol. The first kappa shape index (κ1) is 48.9. The zero-order chi connectivity index (χ0) is 37.6. The molecule has 0 bridgehead atoms. The second kappa shape index (κ2) is 37.6. The van der Waals surface area contributed by atoms with Gasteiger partial charge in [0.05, 0.1) is 13.1 Å². The standard InChI is InChI=1S/C43H81NO7/c1-5-8-11-14-17-20-23-26-29-32-40(45)49-37-35-44(36-38-50-41(46)33-30-27-24-21-18-15-12-9-6-2)43(48)39(4)51-42(47)34-31-28-25-22-19-16-13-10-7-3/h39H,5-38H2,1-4H3. The van der Waals surface area contributed by atoms with Crippen molar-refractivity contribution < 1.29 is 33.4 Å². The normalized spacial score (nSPS) is 11.7. The van der Waals surface area contributed by atoms with Crippen LogP contribution in [0.1, 0.15) is 220 Å². The van der Waals surface area contributed by atoms with E-state index < -0.39 is 6.10 Å². The first-order valence-corrected chi connectivity index (χ1v) is 21.6. The Kier molecular flexibility index (Phi) is 36.1. The Hall–Kier alpha value is -2.12. The molecule has 0 aliphatic heterocycles. The molecule has 1 atom stereocenters. The zero-order valence-electron chi connectivity index (χ0n) is 33.9. The molecule has 51 heavy (non-hydrogen) atoms. The van der Waals surface area contributed by atoms with E-state index in [9.17, 15) is 19.2 Å². The summed E-state index contributed by atoms with van der Waals surface area (Å²) < 4.78 is 16.4. The number of hydrogen-bond donors (Lipinski definition) is 0. The molecule has 0 aliphatic carbocycles. The first-order chi connectivity index (χ1) is 24.8. The number of esters is 3. The Morgan fingerprint density at radius 3 is 1.00 bits per heavy atom. The highest BCUT2D eigenvalue weighted by atomic mass is 16.6. The molecule has 1 unspecified atom stereocenters. The van der Waals surface area contributed by atoms with Gasteiger partial charge >= 0.3 is 17.9 Å². The van der Waals surface area contributed by atoms with Crippen molar-refractivity contribution >= 4 is 23.8 Å². The average molecular weight is 724 g/mol. The lowest BCUT2D eigenvalue weighted by Gasteiger charge is -2.25. The molecule has 0 spiro atoms. The molecule has 8 heteroatoms. The topological polar surface area (TPSA) is 99.2 Å². The molecule has 0 N–H and O–H groups in total. The molecule has 0 saturated carbocycles. The zero-order valence-corrected chi connectivity index (χ0v) is 33.9. The molecule has 0 radical (unpaired) electrons. The van der Waals surface area contributed by atoms with E-state index in [4.69, 9.17) is 14.2 Å². The summed E-state index contributed by atoms with van der Waals surface area (Å²) in [6, 6.07) is 0. The summed E-state index contributed by atoms with van der Waals surface area (Å²) in [6.45, 7) is 8.65. The molecule has 0 aromatic rings. The maximum absolute atomic E-state index is 13.3. The van der Waals surface area contributed by atoms with Crippen molar-refractivity contribution in [2.75, 3.05) is 26.3 Å². The van der Waals surface area contributed by atoms with E-state index in [-0.39, 0.29) is 50.1 Å². The Balaban J connectivity index is 4.59. The van der Waals surface area contributed by atoms with E-state index in [2.05, 4.69) is 20.8 Å². The van der Waals surface area contributed by atoms with Crippen LogP contribution in [0.4, 0.5) is 0 Å². The van der Waals surface area contributed by atoms with E-state index in [1.54, 1.807) is 6.92 Å². The third-order valence-corrected chi connectivity index (χ3v) is 9.67. The number of hydrogen-bond acceptors (Lipinski definition) is 7. The largest absolute Gasteiger partial charge is 0.464 e. The van der Waals surface area contributed by atoms with Gasteiger partial charge in [0.25, 0.3) is 5.91 Å². The summed E-state index contributed by atoms with van der Waals surface area (Å²) in [5.41, 5.74) is 0. The third-order valence-electron chi connectivity index (χ3n) is 9.67. The van der Waals surface area contributed by atoms with Gasteiger partial charge in [0.2, 0.25) is 0 Å². The molecule has 0 aliphatic rings. The van der Waals surface area contributed by atoms with Gasteiger partial charge in [-0.15, -0.1) is 0 Å². The monoisotopic (exact) mass is 724 g/mol. The van der Waals surface area contributed by atoms with Crippen LogP contribution in [0.3, 0.4) is 0 Å². The van der Waals surface area contributed by atoms with Crippen molar-refractivity contribution in [3.63, 3.8) is 0 Å². The number of carbonyl (C=O) groups is 4. The van der Waals surface area contributed by atoms with Crippen molar-refractivity contribution in [1.82, 2.24) is 4.90 Å². The van der Waals surface area contributed by atoms with Gasteiger partial charge in [-0.05, 0) is 26.2 Å². The molecule has 0 fully saturated rings. The van der Waals surface area contributed by atoms with Crippen molar-refractivity contribution in [2.24, 2.45) is 0 Å². The highest BCUT2D eigenvalue weighted by Crippen LogP contribution is 2.14. The minimum absolute atomic E-state index is 0.0491. The Labute approximate surface area is 314 Å². The Bertz CT molecular complexity index is 793. The van der Waals surface area contributed by atoms with E-state index in [1.807, 2.05) is 0 Å². The molecule has 0 saturated heterocycles. The van der Waals surface area contributed by atoms with Gasteiger partial charge in [-0.2, -0.15) is 0 Å². The summed E-state index contributed by atoms with van der Waals surface area (Å²) in [4.78, 5) is 52.1. The van der Waals surface area contributed by atoms with Gasteiger partial charge in [-0.25, -0.2) is 0 Å². The average Bonchev–Trinajstić information content (AvgIpc) is 3.11. The number of amides is 1. The SMILES string of the molecule is CCCCCCCCCCCC(=O)OCCN(CCOC(=O)CCCCCCCCCCC)C(=O)C(C)OC(=O)CCCCCCCCCCC. The first-order valence-electron chi connectivity index (χ1n) is 21.6. The van der Waals surface area contributed by atoms with Gasteiger partial charge in [0, 0.05) is 19.3 Å². The van der Waals surface area contributed by atoms with Gasteiger partial charge in [0.1, 0.15) is 13.2 Å². The number of nitrogens with zero attached hydrogens (tertiary/aromatic N) is 1. The van der Waals surface area contributed by atoms with Crippen LogP contribution < -0.4 is 0 Å². The summed E-state index contributed by atoms with van der Waals surface area (Å²) in [5.74, 6) is -1.28. The molecular weight excluding hydrogens is 642 g/mol. The molecule has 0 heterocycles. The number of rotatable bonds is 38. The lowest BCUT2D eigenvalue weighted by atomic mass is 10.1. The number of ether oxygens (including phenoxy) is 3. The van der Waals surface area contributed by atoms with Gasteiger partial charge in [-0.3, -0.25) is 19.2 Å². The minimum Gasteiger partial charge on any atom is -0.464 e. The summed E-state index contributed by atoms with van der Waals surface area (Å²) >= 11 is 0. The second-order valence-corrected chi connectivity index (χ2v) is 14.6.